The van der Waals surface area contributed by atoms with Crippen LogP contribution in [0.25, 0.3) is 11.1 Å². The van der Waals surface area contributed by atoms with E-state index in [-0.39, 0.29) is 5.88 Å². The van der Waals surface area contributed by atoms with Crippen LogP contribution in [0, 0.1) is 6.92 Å². The van der Waals surface area contributed by atoms with E-state index in [4.69, 9.17) is 16.0 Å². The van der Waals surface area contributed by atoms with Gasteiger partial charge in [0.05, 0.1) is 12.0 Å². The van der Waals surface area contributed by atoms with Crippen LogP contribution >= 0.6 is 11.6 Å². The van der Waals surface area contributed by atoms with Crippen LogP contribution in [0.3, 0.4) is 0 Å². The normalized spacial score (nSPS) is 13.4. The molecule has 2 aromatic rings. The van der Waals surface area contributed by atoms with Crippen molar-refractivity contribution in [3.8, 4) is 0 Å². The molecule has 2 rings (SSSR count). The topological polar surface area (TPSA) is 46.3 Å². The Morgan fingerprint density at radius 2 is 2.36 bits per heavy atom. The van der Waals surface area contributed by atoms with Gasteiger partial charge in [0.1, 0.15) is 5.52 Å². The molecule has 0 spiro atoms. The number of aliphatic hydroxyl groups is 1. The molecule has 1 aromatic heterocycles. The van der Waals surface area contributed by atoms with Gasteiger partial charge in [-0.3, -0.25) is 0 Å². The number of fused-ring (bicyclic) bond motifs is 1. The molecule has 0 fully saturated rings. The van der Waals surface area contributed by atoms with Crippen molar-refractivity contribution in [3.05, 3.63) is 29.7 Å². The summed E-state index contributed by atoms with van der Waals surface area (Å²) >= 11 is 5.55. The molecule has 4 heteroatoms. The van der Waals surface area contributed by atoms with Gasteiger partial charge in [-0.25, -0.2) is 4.98 Å². The summed E-state index contributed by atoms with van der Waals surface area (Å²) in [6.07, 6.45) is -0.647. The molecule has 0 aliphatic rings. The van der Waals surface area contributed by atoms with E-state index in [1.54, 1.807) is 19.1 Å². The Kier molecular flexibility index (Phi) is 2.44. The van der Waals surface area contributed by atoms with Crippen molar-refractivity contribution in [2.24, 2.45) is 0 Å². The molecule has 1 atom stereocenters. The summed E-state index contributed by atoms with van der Waals surface area (Å²) in [7, 11) is 0. The Bertz CT molecular complexity index is 452. The van der Waals surface area contributed by atoms with E-state index < -0.39 is 6.10 Å². The van der Waals surface area contributed by atoms with Crippen LogP contribution in [0.15, 0.2) is 22.6 Å². The Balaban J connectivity index is 2.50. The van der Waals surface area contributed by atoms with E-state index in [2.05, 4.69) is 4.98 Å². The molecule has 1 N–H and O–H groups in total. The number of aryl methyl sites for hydroxylation is 1. The number of hydrogen-bond donors (Lipinski definition) is 1. The molecule has 74 valence electrons. The van der Waals surface area contributed by atoms with Crippen LogP contribution < -0.4 is 0 Å². The molecule has 1 heterocycles. The quantitative estimate of drug-likeness (QED) is 0.776. The number of benzene rings is 1. The number of aromatic nitrogens is 1. The third-order valence-electron chi connectivity index (χ3n) is 2.05. The zero-order valence-corrected chi connectivity index (χ0v) is 8.45. The highest BCUT2D eigenvalue weighted by Crippen LogP contribution is 2.21. The lowest BCUT2D eigenvalue weighted by Gasteiger charge is -2.05. The average Bonchev–Trinajstić information content (AvgIpc) is 2.55. The first-order valence-corrected chi connectivity index (χ1v) is 4.85. The monoisotopic (exact) mass is 211 g/mol. The van der Waals surface area contributed by atoms with Crippen molar-refractivity contribution in [1.29, 1.82) is 0 Å². The first-order valence-electron chi connectivity index (χ1n) is 4.32. The molecular weight excluding hydrogens is 202 g/mol. The fourth-order valence-corrected chi connectivity index (χ4v) is 1.53. The van der Waals surface area contributed by atoms with Crippen molar-refractivity contribution in [2.75, 3.05) is 5.88 Å². The highest BCUT2D eigenvalue weighted by Gasteiger charge is 2.08. The van der Waals surface area contributed by atoms with E-state index in [1.807, 2.05) is 6.07 Å². The Morgan fingerprint density at radius 1 is 1.57 bits per heavy atom. The number of aliphatic hydroxyl groups excluding tert-OH is 1. The van der Waals surface area contributed by atoms with E-state index in [1.165, 1.54) is 0 Å². The first kappa shape index (κ1) is 9.49. The molecule has 0 radical (unpaired) electrons. The molecule has 3 nitrogen and oxygen atoms in total. The van der Waals surface area contributed by atoms with Gasteiger partial charge < -0.3 is 9.52 Å². The molecule has 0 saturated heterocycles. The average molecular weight is 212 g/mol. The molecule has 0 aliphatic carbocycles. The molecule has 0 amide bonds. The second-order valence-corrected chi connectivity index (χ2v) is 3.44. The fourth-order valence-electron chi connectivity index (χ4n) is 1.35. The summed E-state index contributed by atoms with van der Waals surface area (Å²) in [5.41, 5.74) is 2.24. The van der Waals surface area contributed by atoms with Crippen molar-refractivity contribution in [2.45, 2.75) is 13.0 Å². The predicted octanol–water partition coefficient (Wildman–Crippen LogP) is 2.41. The maximum atomic E-state index is 9.50. The number of halogens is 1. The molecule has 1 unspecified atom stereocenters. The lowest BCUT2D eigenvalue weighted by molar-refractivity contribution is 0.202. The second kappa shape index (κ2) is 3.59. The van der Waals surface area contributed by atoms with Gasteiger partial charge in [0.2, 0.25) is 0 Å². The van der Waals surface area contributed by atoms with Gasteiger partial charge in [0, 0.05) is 6.92 Å². The maximum absolute atomic E-state index is 9.50. The van der Waals surface area contributed by atoms with Gasteiger partial charge in [0.25, 0.3) is 0 Å². The number of oxazole rings is 1. The Hall–Kier alpha value is -1.06. The van der Waals surface area contributed by atoms with Gasteiger partial charge in [-0.15, -0.1) is 11.6 Å². The van der Waals surface area contributed by atoms with Crippen molar-refractivity contribution in [1.82, 2.24) is 4.98 Å². The Morgan fingerprint density at radius 3 is 3.07 bits per heavy atom. The third kappa shape index (κ3) is 1.61. The summed E-state index contributed by atoms with van der Waals surface area (Å²) in [5.74, 6) is 0.802. The zero-order valence-electron chi connectivity index (χ0n) is 7.70. The minimum Gasteiger partial charge on any atom is -0.441 e. The van der Waals surface area contributed by atoms with Crippen molar-refractivity contribution >= 4 is 22.7 Å². The minimum absolute atomic E-state index is 0.179. The van der Waals surface area contributed by atoms with Crippen LogP contribution in [-0.4, -0.2) is 16.0 Å². The maximum Gasteiger partial charge on any atom is 0.192 e. The first-order chi connectivity index (χ1) is 6.70. The largest absolute Gasteiger partial charge is 0.441 e. The van der Waals surface area contributed by atoms with E-state index in [9.17, 15) is 5.11 Å². The second-order valence-electron chi connectivity index (χ2n) is 3.13. The van der Waals surface area contributed by atoms with E-state index in [0.717, 1.165) is 11.1 Å². The molecule has 0 aliphatic heterocycles. The minimum atomic E-state index is -0.647. The van der Waals surface area contributed by atoms with E-state index >= 15 is 0 Å². The van der Waals surface area contributed by atoms with Crippen LogP contribution in [0.1, 0.15) is 17.6 Å². The molecule has 1 aromatic carbocycles. The summed E-state index contributed by atoms with van der Waals surface area (Å²) in [5, 5.41) is 9.50. The third-order valence-corrected chi connectivity index (χ3v) is 2.34. The molecular formula is C10H10ClNO2. The van der Waals surface area contributed by atoms with E-state index in [0.29, 0.717) is 11.5 Å². The van der Waals surface area contributed by atoms with Crippen LogP contribution in [0.5, 0.6) is 0 Å². The standard InChI is InChI=1S/C10H10ClNO2/c1-6-12-8-3-2-7(9(13)5-11)4-10(8)14-6/h2-4,9,13H,5H2,1H3. The number of alkyl halides is 1. The lowest BCUT2D eigenvalue weighted by atomic mass is 10.1. The van der Waals surface area contributed by atoms with Gasteiger partial charge >= 0.3 is 0 Å². The molecule has 14 heavy (non-hydrogen) atoms. The highest BCUT2D eigenvalue weighted by molar-refractivity contribution is 6.18. The summed E-state index contributed by atoms with van der Waals surface area (Å²) < 4.78 is 5.34. The van der Waals surface area contributed by atoms with Crippen LogP contribution in [0.4, 0.5) is 0 Å². The zero-order chi connectivity index (χ0) is 10.1. The van der Waals surface area contributed by atoms with Gasteiger partial charge in [-0.2, -0.15) is 0 Å². The fraction of sp³-hybridized carbons (Fsp3) is 0.300. The predicted molar refractivity (Wildman–Crippen MR) is 54.4 cm³/mol. The van der Waals surface area contributed by atoms with Crippen LogP contribution in [0.2, 0.25) is 0 Å². The number of nitrogens with zero attached hydrogens (tertiary/aromatic N) is 1. The van der Waals surface area contributed by atoms with Gasteiger partial charge in [-0.05, 0) is 17.7 Å². The number of rotatable bonds is 2. The molecule has 0 saturated carbocycles. The lowest BCUT2D eigenvalue weighted by Crippen LogP contribution is -1.97. The Labute approximate surface area is 86.3 Å². The highest BCUT2D eigenvalue weighted by atomic mass is 35.5. The summed E-state index contributed by atoms with van der Waals surface area (Å²) in [6, 6.07) is 5.39. The van der Waals surface area contributed by atoms with Gasteiger partial charge in [-0.1, -0.05) is 6.07 Å². The summed E-state index contributed by atoms with van der Waals surface area (Å²) in [4.78, 5) is 4.16. The SMILES string of the molecule is Cc1nc2ccc(C(O)CCl)cc2o1. The smallest absolute Gasteiger partial charge is 0.192 e. The molecule has 0 bridgehead atoms. The summed E-state index contributed by atoms with van der Waals surface area (Å²) in [6.45, 7) is 1.79. The van der Waals surface area contributed by atoms with Crippen molar-refractivity contribution < 1.29 is 9.52 Å². The van der Waals surface area contributed by atoms with Crippen molar-refractivity contribution in [3.63, 3.8) is 0 Å². The number of hydrogen-bond acceptors (Lipinski definition) is 3. The van der Waals surface area contributed by atoms with Crippen LogP contribution in [-0.2, 0) is 0 Å². The van der Waals surface area contributed by atoms with Gasteiger partial charge in [0.15, 0.2) is 11.5 Å².